The van der Waals surface area contributed by atoms with Gasteiger partial charge < -0.3 is 19.0 Å². The predicted octanol–water partition coefficient (Wildman–Crippen LogP) is 8.17. The number of oxazole rings is 1. The third-order valence-corrected chi connectivity index (χ3v) is 7.71. The van der Waals surface area contributed by atoms with E-state index in [9.17, 15) is 9.18 Å². The largest absolute Gasteiger partial charge is 0.493 e. The molecular formula is C36H42ClFN3O3+. The van der Waals surface area contributed by atoms with Crippen LogP contribution in [0.4, 0.5) is 4.39 Å². The second-order valence-corrected chi connectivity index (χ2v) is 12.1. The number of carbonyl (C=O) groups excluding carboxylic acids is 1. The fourth-order valence-corrected chi connectivity index (χ4v) is 5.33. The molecule has 0 radical (unpaired) electrons. The highest BCUT2D eigenvalue weighted by Gasteiger charge is 2.20. The summed E-state index contributed by atoms with van der Waals surface area (Å²) < 4.78 is 26.9. The number of unbranched alkanes of at least 4 members (excludes halogenated alkanes) is 1. The zero-order valence-electron chi connectivity index (χ0n) is 25.9. The van der Waals surface area contributed by atoms with Crippen molar-refractivity contribution < 1.29 is 22.8 Å². The van der Waals surface area contributed by atoms with E-state index in [2.05, 4.69) is 51.6 Å². The zero-order valence-corrected chi connectivity index (χ0v) is 26.7. The number of nitrogens with one attached hydrogen (secondary N) is 1. The average molecular weight is 619 g/mol. The Morgan fingerprint density at radius 3 is 2.57 bits per heavy atom. The summed E-state index contributed by atoms with van der Waals surface area (Å²) >= 11 is 6.03. The molecule has 1 amide bonds. The van der Waals surface area contributed by atoms with Crippen LogP contribution in [0.3, 0.4) is 0 Å². The van der Waals surface area contributed by atoms with Crippen LogP contribution in [0, 0.1) is 5.82 Å². The summed E-state index contributed by atoms with van der Waals surface area (Å²) in [6, 6.07) is 14.6. The molecule has 8 heteroatoms. The molecule has 0 aliphatic carbocycles. The number of aromatic nitrogens is 1. The number of fused-ring (bicyclic) bond motifs is 1. The van der Waals surface area contributed by atoms with Gasteiger partial charge in [0.25, 0.3) is 5.91 Å². The monoisotopic (exact) mass is 618 g/mol. The number of likely N-dealkylation sites (N-methyl/N-ethyl adjacent to an activating group) is 1. The minimum atomic E-state index is -0.495. The Morgan fingerprint density at radius 1 is 1.07 bits per heavy atom. The number of amides is 1. The highest BCUT2D eigenvalue weighted by molar-refractivity contribution is 6.31. The van der Waals surface area contributed by atoms with Gasteiger partial charge in [-0.25, -0.2) is 9.37 Å². The Hall–Kier alpha value is -3.94. The van der Waals surface area contributed by atoms with Gasteiger partial charge in [-0.2, -0.15) is 0 Å². The Labute approximate surface area is 264 Å². The number of nitrogens with zero attached hydrogens (tertiary/aromatic N) is 2. The predicted molar refractivity (Wildman–Crippen MR) is 178 cm³/mol. The highest BCUT2D eigenvalue weighted by Crippen LogP contribution is 2.36. The zero-order chi connectivity index (χ0) is 31.7. The second-order valence-electron chi connectivity index (χ2n) is 11.7. The molecule has 0 saturated heterocycles. The maximum atomic E-state index is 13.8. The first kappa shape index (κ1) is 33.0. The molecule has 3 aromatic carbocycles. The summed E-state index contributed by atoms with van der Waals surface area (Å²) in [5, 5.41) is 3.01. The van der Waals surface area contributed by atoms with E-state index >= 15 is 0 Å². The van der Waals surface area contributed by atoms with Crippen LogP contribution in [0.25, 0.3) is 33.7 Å². The van der Waals surface area contributed by atoms with Crippen molar-refractivity contribution >= 4 is 28.6 Å². The lowest BCUT2D eigenvalue weighted by atomic mass is 9.97. The summed E-state index contributed by atoms with van der Waals surface area (Å²) in [5.74, 6) is 0.754. The molecule has 0 saturated carbocycles. The first-order chi connectivity index (χ1) is 21.1. The molecule has 0 aliphatic rings. The van der Waals surface area contributed by atoms with Crippen LogP contribution in [0.5, 0.6) is 5.75 Å². The molecule has 0 unspecified atom stereocenters. The number of ether oxygens (including phenoxy) is 1. The van der Waals surface area contributed by atoms with Crippen LogP contribution < -0.4 is 10.1 Å². The van der Waals surface area contributed by atoms with Gasteiger partial charge in [0.05, 0.1) is 32.3 Å². The Bertz CT molecular complexity index is 1630. The number of hydrogen-bond acceptors (Lipinski definition) is 4. The molecule has 4 aromatic rings. The van der Waals surface area contributed by atoms with Gasteiger partial charge in [-0.3, -0.25) is 4.79 Å². The van der Waals surface area contributed by atoms with E-state index in [1.807, 2.05) is 30.4 Å². The van der Waals surface area contributed by atoms with Crippen molar-refractivity contribution in [3.63, 3.8) is 0 Å². The van der Waals surface area contributed by atoms with Gasteiger partial charge in [0, 0.05) is 24.1 Å². The molecule has 0 aliphatic heterocycles. The SMILES string of the molecule is C=CCc1cc(-c2ccc(OCCC[N+](C)(C)CC(=O)NCCCC)c(CC=C)c2)c2oc(-c3ccc(F)c(Cl)c3)nc2c1. The molecule has 1 N–H and O–H groups in total. The Balaban J connectivity index is 1.54. The van der Waals surface area contributed by atoms with Crippen molar-refractivity contribution in [3.8, 4) is 28.3 Å². The van der Waals surface area contributed by atoms with Crippen LogP contribution in [0.1, 0.15) is 37.3 Å². The van der Waals surface area contributed by atoms with Crippen LogP contribution in [0.2, 0.25) is 5.02 Å². The third kappa shape index (κ3) is 8.58. The van der Waals surface area contributed by atoms with Crippen molar-refractivity contribution in [3.05, 3.63) is 95.8 Å². The molecule has 232 valence electrons. The van der Waals surface area contributed by atoms with Gasteiger partial charge >= 0.3 is 0 Å². The maximum absolute atomic E-state index is 13.8. The fourth-order valence-electron chi connectivity index (χ4n) is 5.15. The minimum Gasteiger partial charge on any atom is -0.493 e. The van der Waals surface area contributed by atoms with Gasteiger partial charge in [0.15, 0.2) is 12.1 Å². The van der Waals surface area contributed by atoms with Gasteiger partial charge in [-0.15, -0.1) is 13.2 Å². The third-order valence-electron chi connectivity index (χ3n) is 7.42. The number of rotatable bonds is 16. The normalized spacial score (nSPS) is 11.5. The lowest BCUT2D eigenvalue weighted by molar-refractivity contribution is -0.882. The topological polar surface area (TPSA) is 64.4 Å². The van der Waals surface area contributed by atoms with E-state index in [1.165, 1.54) is 12.1 Å². The van der Waals surface area contributed by atoms with Crippen LogP contribution in [-0.4, -0.2) is 55.7 Å². The van der Waals surface area contributed by atoms with E-state index in [-0.39, 0.29) is 10.9 Å². The molecular weight excluding hydrogens is 577 g/mol. The molecule has 1 heterocycles. The van der Waals surface area contributed by atoms with Crippen molar-refractivity contribution in [1.82, 2.24) is 10.3 Å². The van der Waals surface area contributed by atoms with Gasteiger partial charge in [0.1, 0.15) is 17.1 Å². The van der Waals surface area contributed by atoms with Gasteiger partial charge in [0.2, 0.25) is 5.89 Å². The standard InChI is InChI=1S/C36H41ClFN3O3/c1-6-9-17-39-34(42)24-41(4,5)18-10-19-43-33-16-14-26(22-27(33)12-8-3)29-20-25(11-7-2)21-32-35(29)44-36(40-32)28-13-15-31(38)30(37)23-28/h7-8,13-16,20-23H,2-3,6,9-12,17-19,24H2,1,4-5H3/p+1. The fraction of sp³-hybridized carbons (Fsp3) is 0.333. The molecule has 0 bridgehead atoms. The first-order valence-corrected chi connectivity index (χ1v) is 15.5. The Kier molecular flexibility index (Phi) is 11.4. The summed E-state index contributed by atoms with van der Waals surface area (Å²) in [6.07, 6.45) is 7.88. The number of hydrogen-bond donors (Lipinski definition) is 1. The molecule has 0 fully saturated rings. The molecule has 1 aromatic heterocycles. The van der Waals surface area contributed by atoms with E-state index < -0.39 is 5.82 Å². The number of quaternary nitrogens is 1. The lowest BCUT2D eigenvalue weighted by Gasteiger charge is -2.29. The van der Waals surface area contributed by atoms with E-state index in [0.717, 1.165) is 60.4 Å². The maximum Gasteiger partial charge on any atom is 0.275 e. The van der Waals surface area contributed by atoms with E-state index in [4.69, 9.17) is 25.7 Å². The quantitative estimate of drug-likeness (QED) is 0.0781. The summed E-state index contributed by atoms with van der Waals surface area (Å²) in [7, 11) is 4.14. The summed E-state index contributed by atoms with van der Waals surface area (Å²) in [4.78, 5) is 17.0. The molecule has 4 rings (SSSR count). The van der Waals surface area contributed by atoms with Crippen LogP contribution in [0.15, 0.2) is 78.3 Å². The minimum absolute atomic E-state index is 0.0115. The Morgan fingerprint density at radius 2 is 1.84 bits per heavy atom. The molecule has 0 spiro atoms. The smallest absolute Gasteiger partial charge is 0.275 e. The molecule has 6 nitrogen and oxygen atoms in total. The van der Waals surface area contributed by atoms with Crippen molar-refractivity contribution in [2.45, 2.75) is 39.0 Å². The van der Waals surface area contributed by atoms with Crippen LogP contribution >= 0.6 is 11.6 Å². The van der Waals surface area contributed by atoms with Crippen molar-refractivity contribution in [2.24, 2.45) is 0 Å². The second kappa shape index (κ2) is 15.2. The summed E-state index contributed by atoms with van der Waals surface area (Å²) in [6.45, 7) is 12.5. The highest BCUT2D eigenvalue weighted by atomic mass is 35.5. The van der Waals surface area contributed by atoms with Gasteiger partial charge in [-0.05, 0) is 78.4 Å². The van der Waals surface area contributed by atoms with Gasteiger partial charge in [-0.1, -0.05) is 43.2 Å². The first-order valence-electron chi connectivity index (χ1n) is 15.1. The van der Waals surface area contributed by atoms with Crippen molar-refractivity contribution in [2.75, 3.05) is 40.3 Å². The number of benzene rings is 3. The lowest BCUT2D eigenvalue weighted by Crippen LogP contribution is -2.48. The average Bonchev–Trinajstić information content (AvgIpc) is 3.41. The number of carbonyl (C=O) groups is 1. The summed E-state index contributed by atoms with van der Waals surface area (Å²) in [5.41, 5.74) is 5.82. The van der Waals surface area contributed by atoms with E-state index in [0.29, 0.717) is 53.0 Å². The number of allylic oxidation sites excluding steroid dienone is 2. The number of halogens is 2. The molecule has 0 atom stereocenters. The van der Waals surface area contributed by atoms with Crippen LogP contribution in [-0.2, 0) is 17.6 Å². The van der Waals surface area contributed by atoms with E-state index in [1.54, 1.807) is 6.07 Å². The van der Waals surface area contributed by atoms with Crippen molar-refractivity contribution in [1.29, 1.82) is 0 Å². The molecule has 44 heavy (non-hydrogen) atoms.